The number of carbonyl (C=O) groups is 2. The highest BCUT2D eigenvalue weighted by atomic mass is 32.2. The molecule has 0 aliphatic rings. The Morgan fingerprint density at radius 1 is 1.24 bits per heavy atom. The average molecular weight is 373 g/mol. The van der Waals surface area contributed by atoms with Crippen molar-refractivity contribution in [2.45, 2.75) is 32.7 Å². The normalized spacial score (nSPS) is 12.3. The zero-order chi connectivity index (χ0) is 18.9. The SMILES string of the molecule is CCCCOc1ccccc1C(=O)N[C@@H](CS(=O)(=O)O)C(=O)OCC. The van der Waals surface area contributed by atoms with Gasteiger partial charge in [-0.05, 0) is 25.5 Å². The maximum atomic E-state index is 12.4. The monoisotopic (exact) mass is 373 g/mol. The quantitative estimate of drug-likeness (QED) is 0.361. The minimum Gasteiger partial charge on any atom is -0.493 e. The van der Waals surface area contributed by atoms with Crippen molar-refractivity contribution in [1.82, 2.24) is 5.32 Å². The molecule has 8 nitrogen and oxygen atoms in total. The molecule has 25 heavy (non-hydrogen) atoms. The first-order valence-corrected chi connectivity index (χ1v) is 9.53. The Morgan fingerprint density at radius 2 is 1.92 bits per heavy atom. The molecular weight excluding hydrogens is 350 g/mol. The van der Waals surface area contributed by atoms with E-state index in [2.05, 4.69) is 5.32 Å². The summed E-state index contributed by atoms with van der Waals surface area (Å²) in [5.41, 5.74) is 0.156. The lowest BCUT2D eigenvalue weighted by Crippen LogP contribution is -2.46. The van der Waals surface area contributed by atoms with Crippen molar-refractivity contribution in [3.8, 4) is 5.75 Å². The summed E-state index contributed by atoms with van der Waals surface area (Å²) < 4.78 is 41.4. The van der Waals surface area contributed by atoms with Gasteiger partial charge < -0.3 is 14.8 Å². The summed E-state index contributed by atoms with van der Waals surface area (Å²) >= 11 is 0. The van der Waals surface area contributed by atoms with Crippen LogP contribution in [-0.4, -0.2) is 49.9 Å². The molecule has 1 aromatic rings. The van der Waals surface area contributed by atoms with Crippen LogP contribution in [0.1, 0.15) is 37.0 Å². The fourth-order valence-electron chi connectivity index (χ4n) is 1.96. The van der Waals surface area contributed by atoms with Crippen molar-refractivity contribution >= 4 is 22.0 Å². The number of unbranched alkanes of at least 4 members (excludes halogenated alkanes) is 1. The fourth-order valence-corrected chi connectivity index (χ4v) is 2.61. The second kappa shape index (κ2) is 10.00. The van der Waals surface area contributed by atoms with E-state index in [1.165, 1.54) is 6.07 Å². The third-order valence-electron chi connectivity index (χ3n) is 3.14. The lowest BCUT2D eigenvalue weighted by molar-refractivity contribution is -0.144. The van der Waals surface area contributed by atoms with Crippen molar-refractivity contribution in [2.24, 2.45) is 0 Å². The van der Waals surface area contributed by atoms with Gasteiger partial charge >= 0.3 is 5.97 Å². The smallest absolute Gasteiger partial charge is 0.329 e. The van der Waals surface area contributed by atoms with Gasteiger partial charge in [-0.25, -0.2) is 4.79 Å². The Kier molecular flexibility index (Phi) is 8.36. The number of amides is 1. The van der Waals surface area contributed by atoms with Crippen LogP contribution in [0.3, 0.4) is 0 Å². The summed E-state index contributed by atoms with van der Waals surface area (Å²) in [4.78, 5) is 24.3. The number of rotatable bonds is 10. The van der Waals surface area contributed by atoms with Gasteiger partial charge in [0.1, 0.15) is 17.5 Å². The van der Waals surface area contributed by atoms with Crippen LogP contribution in [0.25, 0.3) is 0 Å². The summed E-state index contributed by atoms with van der Waals surface area (Å²) in [6, 6.07) is 4.88. The lowest BCUT2D eigenvalue weighted by atomic mass is 10.1. The Bertz CT molecular complexity index is 687. The van der Waals surface area contributed by atoms with Crippen LogP contribution < -0.4 is 10.1 Å². The van der Waals surface area contributed by atoms with Crippen molar-refractivity contribution < 1.29 is 32.0 Å². The van der Waals surface area contributed by atoms with E-state index in [0.29, 0.717) is 12.4 Å². The zero-order valence-corrected chi connectivity index (χ0v) is 15.0. The topological polar surface area (TPSA) is 119 Å². The van der Waals surface area contributed by atoms with Gasteiger partial charge in [0.05, 0.1) is 18.8 Å². The largest absolute Gasteiger partial charge is 0.493 e. The lowest BCUT2D eigenvalue weighted by Gasteiger charge is -2.17. The standard InChI is InChI=1S/C16H23NO7S/c1-3-5-10-24-14-9-7-6-8-12(14)15(18)17-13(11-25(20,21)22)16(19)23-4-2/h6-9,13H,3-5,10-11H2,1-2H3,(H,17,18)(H,20,21,22)/t13-/m0/s1. The van der Waals surface area contributed by atoms with Gasteiger partial charge in [-0.15, -0.1) is 0 Å². The number of esters is 1. The molecule has 0 heterocycles. The van der Waals surface area contributed by atoms with E-state index in [1.54, 1.807) is 25.1 Å². The zero-order valence-electron chi connectivity index (χ0n) is 14.2. The second-order valence-electron chi connectivity index (χ2n) is 5.22. The maximum Gasteiger partial charge on any atom is 0.329 e. The molecule has 1 atom stereocenters. The van der Waals surface area contributed by atoms with Gasteiger partial charge in [-0.1, -0.05) is 25.5 Å². The van der Waals surface area contributed by atoms with Gasteiger partial charge in [0.2, 0.25) is 0 Å². The van der Waals surface area contributed by atoms with E-state index >= 15 is 0 Å². The van der Waals surface area contributed by atoms with Crippen LogP contribution in [0.2, 0.25) is 0 Å². The molecule has 9 heteroatoms. The van der Waals surface area contributed by atoms with Crippen LogP contribution in [0.5, 0.6) is 5.75 Å². The molecule has 0 spiro atoms. The molecule has 1 aromatic carbocycles. The summed E-state index contributed by atoms with van der Waals surface area (Å²) in [5, 5.41) is 2.27. The van der Waals surface area contributed by atoms with Crippen LogP contribution in [-0.2, 0) is 19.6 Å². The summed E-state index contributed by atoms with van der Waals surface area (Å²) in [5.74, 6) is -2.30. The molecule has 140 valence electrons. The predicted octanol–water partition coefficient (Wildman–Crippen LogP) is 1.41. The molecular formula is C16H23NO7S. The van der Waals surface area contributed by atoms with Gasteiger partial charge in [-0.2, -0.15) is 8.42 Å². The average Bonchev–Trinajstić information content (AvgIpc) is 2.54. The summed E-state index contributed by atoms with van der Waals surface area (Å²) in [6.45, 7) is 3.98. The molecule has 0 aliphatic carbocycles. The first-order chi connectivity index (χ1) is 11.8. The highest BCUT2D eigenvalue weighted by molar-refractivity contribution is 7.85. The Balaban J connectivity index is 2.94. The first-order valence-electron chi connectivity index (χ1n) is 7.93. The molecule has 1 amide bonds. The van der Waals surface area contributed by atoms with Crippen LogP contribution in [0, 0.1) is 0 Å². The maximum absolute atomic E-state index is 12.4. The first kappa shape index (κ1) is 20.9. The molecule has 0 saturated heterocycles. The van der Waals surface area contributed by atoms with Gasteiger partial charge in [0.15, 0.2) is 0 Å². The minimum absolute atomic E-state index is 0.00734. The Labute approximate surface area is 147 Å². The Hall–Kier alpha value is -2.13. The number of carbonyl (C=O) groups excluding carboxylic acids is 2. The molecule has 0 saturated carbocycles. The summed E-state index contributed by atoms with van der Waals surface area (Å²) in [7, 11) is -4.49. The van der Waals surface area contributed by atoms with E-state index in [9.17, 15) is 18.0 Å². The molecule has 0 unspecified atom stereocenters. The molecule has 1 rings (SSSR count). The number of para-hydroxylation sites is 1. The van der Waals surface area contributed by atoms with Crippen molar-refractivity contribution in [3.63, 3.8) is 0 Å². The van der Waals surface area contributed by atoms with E-state index in [-0.39, 0.29) is 12.2 Å². The van der Waals surface area contributed by atoms with E-state index in [1.807, 2.05) is 6.92 Å². The van der Waals surface area contributed by atoms with E-state index in [0.717, 1.165) is 12.8 Å². The number of hydrogen-bond donors (Lipinski definition) is 2. The molecule has 2 N–H and O–H groups in total. The third kappa shape index (κ3) is 7.53. The highest BCUT2D eigenvalue weighted by Gasteiger charge is 2.28. The molecule has 0 fully saturated rings. The van der Waals surface area contributed by atoms with Crippen molar-refractivity contribution in [1.29, 1.82) is 0 Å². The summed E-state index contributed by atoms with van der Waals surface area (Å²) in [6.07, 6.45) is 1.73. The van der Waals surface area contributed by atoms with Gasteiger partial charge in [-0.3, -0.25) is 9.35 Å². The van der Waals surface area contributed by atoms with Gasteiger partial charge in [0, 0.05) is 0 Å². The number of hydrogen-bond acceptors (Lipinski definition) is 6. The molecule has 0 aromatic heterocycles. The van der Waals surface area contributed by atoms with E-state index in [4.69, 9.17) is 14.0 Å². The van der Waals surface area contributed by atoms with Crippen molar-refractivity contribution in [2.75, 3.05) is 19.0 Å². The van der Waals surface area contributed by atoms with Crippen LogP contribution in [0.4, 0.5) is 0 Å². The van der Waals surface area contributed by atoms with Crippen LogP contribution >= 0.6 is 0 Å². The fraction of sp³-hybridized carbons (Fsp3) is 0.500. The van der Waals surface area contributed by atoms with E-state index < -0.39 is 33.8 Å². The molecule has 0 radical (unpaired) electrons. The second-order valence-corrected chi connectivity index (χ2v) is 6.72. The number of benzene rings is 1. The molecule has 0 bridgehead atoms. The molecule has 0 aliphatic heterocycles. The third-order valence-corrected chi connectivity index (χ3v) is 3.90. The number of ether oxygens (including phenoxy) is 2. The van der Waals surface area contributed by atoms with Crippen LogP contribution in [0.15, 0.2) is 24.3 Å². The highest BCUT2D eigenvalue weighted by Crippen LogP contribution is 2.18. The van der Waals surface area contributed by atoms with Crippen molar-refractivity contribution in [3.05, 3.63) is 29.8 Å². The minimum atomic E-state index is -4.49. The van der Waals surface area contributed by atoms with Gasteiger partial charge in [0.25, 0.3) is 16.0 Å². The number of nitrogens with one attached hydrogen (secondary N) is 1. The predicted molar refractivity (Wildman–Crippen MR) is 91.1 cm³/mol. The Morgan fingerprint density at radius 3 is 2.52 bits per heavy atom.